The molecule has 0 amide bonds. The number of thiocarbonyl (C=S) groups is 1. The summed E-state index contributed by atoms with van der Waals surface area (Å²) < 4.78 is 0. The van der Waals surface area contributed by atoms with Gasteiger partial charge >= 0.3 is 0 Å². The van der Waals surface area contributed by atoms with Gasteiger partial charge in [0, 0.05) is 4.86 Å². The van der Waals surface area contributed by atoms with E-state index in [2.05, 4.69) is 17.4 Å². The lowest BCUT2D eigenvalue weighted by molar-refractivity contribution is 0.322. The first-order valence-electron chi connectivity index (χ1n) is 1.45. The van der Waals surface area contributed by atoms with Gasteiger partial charge in [-0.1, -0.05) is 17.4 Å². The molecule has 2 nitrogen and oxygen atoms in total. The molecule has 0 aliphatic heterocycles. The molecule has 3 heteroatoms. The lowest BCUT2D eigenvalue weighted by Gasteiger charge is -1.71. The Bertz CT molecular complexity index is 78.9. The molecule has 0 aliphatic carbocycles. The quantitative estimate of drug-likeness (QED) is 0.231. The standard InChI is InChI=1S/C3H5NOS/c1-3(6)2-4-5/h2,5H,1H3. The first-order chi connectivity index (χ1) is 2.77. The normalized spacial score (nSPS) is 9.50. The van der Waals surface area contributed by atoms with E-state index < -0.39 is 0 Å². The van der Waals surface area contributed by atoms with E-state index >= 15 is 0 Å². The van der Waals surface area contributed by atoms with E-state index in [0.29, 0.717) is 4.86 Å². The van der Waals surface area contributed by atoms with Crippen LogP contribution in [0.1, 0.15) is 6.92 Å². The molecule has 0 atom stereocenters. The van der Waals surface area contributed by atoms with Gasteiger partial charge in [0.2, 0.25) is 0 Å². The molecule has 0 aromatic heterocycles. The van der Waals surface area contributed by atoms with Crippen molar-refractivity contribution in [3.63, 3.8) is 0 Å². The Morgan fingerprint density at radius 2 is 2.50 bits per heavy atom. The summed E-state index contributed by atoms with van der Waals surface area (Å²) in [5.74, 6) is 0. The minimum absolute atomic E-state index is 0.581. The predicted molar refractivity (Wildman–Crippen MR) is 28.6 cm³/mol. The molecule has 0 aliphatic rings. The fourth-order valence-corrected chi connectivity index (χ4v) is 0.128. The number of hydrogen-bond donors (Lipinski definition) is 1. The van der Waals surface area contributed by atoms with Gasteiger partial charge in [-0.3, -0.25) is 0 Å². The lowest BCUT2D eigenvalue weighted by Crippen LogP contribution is -1.83. The molecule has 0 unspecified atom stereocenters. The van der Waals surface area contributed by atoms with Crippen LogP contribution in [-0.4, -0.2) is 16.3 Å². The van der Waals surface area contributed by atoms with E-state index in [0.717, 1.165) is 0 Å². The SMILES string of the molecule is CC(=S)C=NO. The maximum Gasteiger partial charge on any atom is 0.0797 e. The van der Waals surface area contributed by atoms with Gasteiger partial charge in [-0.25, -0.2) is 0 Å². The van der Waals surface area contributed by atoms with E-state index in [1.807, 2.05) is 0 Å². The molecule has 0 aromatic carbocycles. The van der Waals surface area contributed by atoms with Crippen LogP contribution >= 0.6 is 12.2 Å². The van der Waals surface area contributed by atoms with Crippen molar-refractivity contribution in [3.8, 4) is 0 Å². The summed E-state index contributed by atoms with van der Waals surface area (Å²) in [4.78, 5) is 0.581. The Morgan fingerprint density at radius 3 is 2.50 bits per heavy atom. The molecular weight excluding hydrogens is 98.1 g/mol. The number of oxime groups is 1. The molecule has 0 bridgehead atoms. The topological polar surface area (TPSA) is 32.6 Å². The molecule has 0 aromatic rings. The van der Waals surface area contributed by atoms with E-state index in [1.54, 1.807) is 6.92 Å². The zero-order chi connectivity index (χ0) is 4.99. The third-order valence-corrected chi connectivity index (χ3v) is 0.345. The Hall–Kier alpha value is -0.440. The van der Waals surface area contributed by atoms with E-state index in [4.69, 9.17) is 5.21 Å². The maximum absolute atomic E-state index is 7.72. The van der Waals surface area contributed by atoms with Gasteiger partial charge in [-0.2, -0.15) is 0 Å². The van der Waals surface area contributed by atoms with Crippen LogP contribution in [0, 0.1) is 0 Å². The smallest absolute Gasteiger partial charge is 0.0797 e. The summed E-state index contributed by atoms with van der Waals surface area (Å²) in [6.45, 7) is 1.68. The molecule has 0 saturated carbocycles. The molecule has 6 heavy (non-hydrogen) atoms. The fraction of sp³-hybridized carbons (Fsp3) is 0.333. The minimum Gasteiger partial charge on any atom is -0.411 e. The molecule has 0 heterocycles. The molecule has 34 valence electrons. The summed E-state index contributed by atoms with van der Waals surface area (Å²) in [7, 11) is 0. The third kappa shape index (κ3) is 3.56. The van der Waals surface area contributed by atoms with Gasteiger partial charge in [0.05, 0.1) is 6.21 Å². The van der Waals surface area contributed by atoms with Crippen LogP contribution in [0.15, 0.2) is 5.16 Å². The Kier molecular flexibility index (Phi) is 2.58. The minimum atomic E-state index is 0.581. The average molecular weight is 103 g/mol. The van der Waals surface area contributed by atoms with Crippen LogP contribution in [0.2, 0.25) is 0 Å². The van der Waals surface area contributed by atoms with Crippen molar-refractivity contribution in [2.75, 3.05) is 0 Å². The van der Waals surface area contributed by atoms with Crippen LogP contribution in [0.5, 0.6) is 0 Å². The van der Waals surface area contributed by atoms with Crippen molar-refractivity contribution >= 4 is 23.3 Å². The molecule has 0 radical (unpaired) electrons. The second-order valence-electron chi connectivity index (χ2n) is 0.855. The van der Waals surface area contributed by atoms with Crippen LogP contribution in [0.4, 0.5) is 0 Å². The average Bonchev–Trinajstić information content (AvgIpc) is 1.35. The zero-order valence-electron chi connectivity index (χ0n) is 3.38. The summed E-state index contributed by atoms with van der Waals surface area (Å²) >= 11 is 4.49. The maximum atomic E-state index is 7.72. The molecule has 0 rings (SSSR count). The number of nitrogens with zero attached hydrogens (tertiary/aromatic N) is 1. The number of rotatable bonds is 1. The van der Waals surface area contributed by atoms with Gasteiger partial charge in [0.1, 0.15) is 0 Å². The lowest BCUT2D eigenvalue weighted by atomic mass is 10.5. The van der Waals surface area contributed by atoms with Gasteiger partial charge in [0.25, 0.3) is 0 Å². The van der Waals surface area contributed by atoms with Crippen LogP contribution in [-0.2, 0) is 0 Å². The number of hydrogen-bond acceptors (Lipinski definition) is 3. The molecular formula is C3H5NOS. The Labute approximate surface area is 41.5 Å². The van der Waals surface area contributed by atoms with Gasteiger partial charge < -0.3 is 5.21 Å². The van der Waals surface area contributed by atoms with Crippen LogP contribution in [0.25, 0.3) is 0 Å². The summed E-state index contributed by atoms with van der Waals surface area (Å²) in [6, 6.07) is 0. The highest BCUT2D eigenvalue weighted by molar-refractivity contribution is 7.81. The second-order valence-corrected chi connectivity index (χ2v) is 1.50. The second kappa shape index (κ2) is 2.78. The van der Waals surface area contributed by atoms with E-state index in [1.165, 1.54) is 6.21 Å². The molecule has 0 spiro atoms. The van der Waals surface area contributed by atoms with Crippen molar-refractivity contribution < 1.29 is 5.21 Å². The third-order valence-electron chi connectivity index (χ3n) is 0.240. The molecule has 1 N–H and O–H groups in total. The highest BCUT2D eigenvalue weighted by Gasteiger charge is 1.70. The fourth-order valence-electron chi connectivity index (χ4n) is 0.0813. The first-order valence-corrected chi connectivity index (χ1v) is 1.86. The van der Waals surface area contributed by atoms with Crippen LogP contribution < -0.4 is 0 Å². The first kappa shape index (κ1) is 5.56. The molecule has 0 fully saturated rings. The van der Waals surface area contributed by atoms with Crippen molar-refractivity contribution in [2.45, 2.75) is 6.92 Å². The largest absolute Gasteiger partial charge is 0.411 e. The van der Waals surface area contributed by atoms with Gasteiger partial charge in [0.15, 0.2) is 0 Å². The highest BCUT2D eigenvalue weighted by atomic mass is 32.1. The Morgan fingerprint density at radius 1 is 2.00 bits per heavy atom. The monoisotopic (exact) mass is 103 g/mol. The van der Waals surface area contributed by atoms with Crippen molar-refractivity contribution in [1.82, 2.24) is 0 Å². The summed E-state index contributed by atoms with van der Waals surface area (Å²) in [6.07, 6.45) is 1.20. The predicted octanol–water partition coefficient (Wildman–Crippen LogP) is 0.836. The van der Waals surface area contributed by atoms with Crippen LogP contribution in [0.3, 0.4) is 0 Å². The van der Waals surface area contributed by atoms with Gasteiger partial charge in [-0.05, 0) is 6.92 Å². The van der Waals surface area contributed by atoms with Crippen molar-refractivity contribution in [3.05, 3.63) is 0 Å². The zero-order valence-corrected chi connectivity index (χ0v) is 4.20. The summed E-state index contributed by atoms with van der Waals surface area (Å²) in [5, 5.41) is 10.4. The van der Waals surface area contributed by atoms with Crippen molar-refractivity contribution in [2.24, 2.45) is 5.16 Å². The highest BCUT2D eigenvalue weighted by Crippen LogP contribution is 1.63. The van der Waals surface area contributed by atoms with Gasteiger partial charge in [-0.15, -0.1) is 0 Å². The van der Waals surface area contributed by atoms with E-state index in [9.17, 15) is 0 Å². The molecule has 0 saturated heterocycles. The Balaban J connectivity index is 3.30. The van der Waals surface area contributed by atoms with E-state index in [-0.39, 0.29) is 0 Å². The summed E-state index contributed by atoms with van der Waals surface area (Å²) in [5.41, 5.74) is 0. The van der Waals surface area contributed by atoms with Crippen molar-refractivity contribution in [1.29, 1.82) is 0 Å².